The molecule has 0 radical (unpaired) electrons. The van der Waals surface area contributed by atoms with Gasteiger partial charge in [-0.15, -0.1) is 0 Å². The first kappa shape index (κ1) is 20.3. The highest BCUT2D eigenvalue weighted by Gasteiger charge is 2.44. The Morgan fingerprint density at radius 2 is 1.92 bits per heavy atom. The van der Waals surface area contributed by atoms with Crippen molar-refractivity contribution in [1.82, 2.24) is 5.32 Å². The lowest BCUT2D eigenvalue weighted by Gasteiger charge is -2.38. The number of rotatable bonds is 6. The lowest BCUT2D eigenvalue weighted by molar-refractivity contribution is -0.153. The number of ether oxygens (including phenoxy) is 2. The van der Waals surface area contributed by atoms with Crippen LogP contribution in [0.5, 0.6) is 5.75 Å². The van der Waals surface area contributed by atoms with E-state index in [0.717, 1.165) is 30.4 Å². The van der Waals surface area contributed by atoms with E-state index in [1.807, 2.05) is 32.0 Å². The van der Waals surface area contributed by atoms with Crippen LogP contribution in [-0.4, -0.2) is 31.6 Å². The number of carbonyl (C=O) groups excluding carboxylic acids is 2. The summed E-state index contributed by atoms with van der Waals surface area (Å²) >= 11 is 0. The second kappa shape index (κ2) is 8.56. The van der Waals surface area contributed by atoms with Gasteiger partial charge in [-0.25, -0.2) is 4.79 Å². The first-order chi connectivity index (χ1) is 12.4. The summed E-state index contributed by atoms with van der Waals surface area (Å²) in [4.78, 5) is 25.5. The fourth-order valence-corrected chi connectivity index (χ4v) is 3.82. The summed E-state index contributed by atoms with van der Waals surface area (Å²) < 4.78 is 10.5. The third-order valence-corrected chi connectivity index (χ3v) is 5.72. The molecule has 1 N–H and O–H groups in total. The van der Waals surface area contributed by atoms with Crippen LogP contribution >= 0.6 is 0 Å². The molecule has 1 fully saturated rings. The van der Waals surface area contributed by atoms with Crippen molar-refractivity contribution >= 4 is 11.9 Å². The van der Waals surface area contributed by atoms with E-state index in [-0.39, 0.29) is 11.9 Å². The zero-order valence-corrected chi connectivity index (χ0v) is 16.6. The Labute approximate surface area is 156 Å². The number of benzene rings is 1. The lowest BCUT2D eigenvalue weighted by atomic mass is 9.75. The first-order valence-electron chi connectivity index (χ1n) is 9.41. The van der Waals surface area contributed by atoms with Crippen molar-refractivity contribution in [3.63, 3.8) is 0 Å². The molecule has 0 aromatic heterocycles. The van der Waals surface area contributed by atoms with E-state index >= 15 is 0 Å². The van der Waals surface area contributed by atoms with E-state index < -0.39 is 11.5 Å². The van der Waals surface area contributed by atoms with E-state index in [4.69, 9.17) is 9.47 Å². The first-order valence-corrected chi connectivity index (χ1v) is 9.41. The zero-order valence-electron chi connectivity index (χ0n) is 16.6. The Morgan fingerprint density at radius 1 is 1.27 bits per heavy atom. The fraction of sp³-hybridized carbons (Fsp3) is 0.619. The topological polar surface area (TPSA) is 64.6 Å². The van der Waals surface area contributed by atoms with E-state index in [0.29, 0.717) is 24.5 Å². The number of nitrogens with one attached hydrogen (secondary N) is 1. The van der Waals surface area contributed by atoms with Gasteiger partial charge in [-0.1, -0.05) is 25.5 Å². The maximum atomic E-state index is 13.0. The van der Waals surface area contributed by atoms with Gasteiger partial charge in [0.15, 0.2) is 0 Å². The summed E-state index contributed by atoms with van der Waals surface area (Å²) in [5, 5.41) is 3.02. The molecule has 1 unspecified atom stereocenters. The normalized spacial score (nSPS) is 23.8. The summed E-state index contributed by atoms with van der Waals surface area (Å²) in [6.07, 6.45) is 4.20. The highest BCUT2D eigenvalue weighted by Crippen LogP contribution is 2.36. The van der Waals surface area contributed by atoms with E-state index in [9.17, 15) is 9.59 Å². The number of aryl methyl sites for hydroxylation is 1. The van der Waals surface area contributed by atoms with Gasteiger partial charge >= 0.3 is 5.97 Å². The number of hydrogen-bond acceptors (Lipinski definition) is 4. The van der Waals surface area contributed by atoms with Gasteiger partial charge in [0.05, 0.1) is 20.1 Å². The van der Waals surface area contributed by atoms with Crippen LogP contribution in [0.1, 0.15) is 63.0 Å². The van der Waals surface area contributed by atoms with Gasteiger partial charge in [0.25, 0.3) is 0 Å². The maximum Gasteiger partial charge on any atom is 0.331 e. The van der Waals surface area contributed by atoms with Gasteiger partial charge < -0.3 is 14.8 Å². The largest absolute Gasteiger partial charge is 0.496 e. The molecular weight excluding hydrogens is 330 g/mol. The van der Waals surface area contributed by atoms with Crippen LogP contribution in [0.4, 0.5) is 0 Å². The van der Waals surface area contributed by atoms with Crippen LogP contribution in [0.3, 0.4) is 0 Å². The van der Waals surface area contributed by atoms with Crippen molar-refractivity contribution in [2.24, 2.45) is 5.92 Å². The van der Waals surface area contributed by atoms with E-state index in [1.54, 1.807) is 7.11 Å². The molecule has 5 nitrogen and oxygen atoms in total. The minimum Gasteiger partial charge on any atom is -0.496 e. The fourth-order valence-electron chi connectivity index (χ4n) is 3.82. The Kier molecular flexibility index (Phi) is 6.68. The van der Waals surface area contributed by atoms with Gasteiger partial charge in [0.2, 0.25) is 5.91 Å². The monoisotopic (exact) mass is 361 g/mol. The van der Waals surface area contributed by atoms with Crippen molar-refractivity contribution in [3.8, 4) is 5.75 Å². The zero-order chi connectivity index (χ0) is 19.3. The van der Waals surface area contributed by atoms with Crippen LogP contribution in [0.15, 0.2) is 18.2 Å². The summed E-state index contributed by atoms with van der Waals surface area (Å²) in [5.74, 6) is 0.362. The molecular formula is C21H31NO4. The van der Waals surface area contributed by atoms with Gasteiger partial charge in [0, 0.05) is 5.56 Å². The van der Waals surface area contributed by atoms with Crippen molar-refractivity contribution in [3.05, 3.63) is 29.3 Å². The third-order valence-electron chi connectivity index (χ3n) is 5.72. The van der Waals surface area contributed by atoms with Gasteiger partial charge in [-0.05, 0) is 57.1 Å². The predicted octanol–water partition coefficient (Wildman–Crippen LogP) is 3.74. The SMILES string of the molecule is CCC1CCC(NC(=O)C(C)c2ccc(C)cc2OC)(C(=O)OC)CC1. The molecule has 1 atom stereocenters. The standard InChI is InChI=1S/C21H31NO4/c1-6-16-9-11-21(12-10-16,20(24)26-5)22-19(23)15(3)17-8-7-14(2)13-18(17)25-4/h7-8,13,15-16H,6,9-12H2,1-5H3,(H,22,23). The average Bonchev–Trinajstić information content (AvgIpc) is 2.67. The summed E-state index contributed by atoms with van der Waals surface area (Å²) in [6.45, 7) is 5.99. The van der Waals surface area contributed by atoms with Crippen molar-refractivity contribution in [2.45, 2.75) is 64.3 Å². The number of methoxy groups -OCH3 is 2. The number of carbonyl (C=O) groups is 2. The van der Waals surface area contributed by atoms with Crippen LogP contribution in [0.2, 0.25) is 0 Å². The number of hydrogen-bond donors (Lipinski definition) is 1. The summed E-state index contributed by atoms with van der Waals surface area (Å²) in [5.41, 5.74) is 0.976. The predicted molar refractivity (Wildman–Crippen MR) is 101 cm³/mol. The molecule has 0 heterocycles. The minimum atomic E-state index is -0.913. The van der Waals surface area contributed by atoms with Crippen LogP contribution in [0.25, 0.3) is 0 Å². The van der Waals surface area contributed by atoms with Crippen LogP contribution in [-0.2, 0) is 14.3 Å². The molecule has 0 aliphatic heterocycles. The highest BCUT2D eigenvalue weighted by molar-refractivity contribution is 5.91. The average molecular weight is 361 g/mol. The molecule has 144 valence electrons. The molecule has 0 spiro atoms. The molecule has 0 bridgehead atoms. The third kappa shape index (κ3) is 4.19. The van der Waals surface area contributed by atoms with Crippen molar-refractivity contribution in [1.29, 1.82) is 0 Å². The molecule has 1 aliphatic rings. The Hall–Kier alpha value is -2.04. The Bertz CT molecular complexity index is 647. The quantitative estimate of drug-likeness (QED) is 0.784. The van der Waals surface area contributed by atoms with Crippen molar-refractivity contribution in [2.75, 3.05) is 14.2 Å². The van der Waals surface area contributed by atoms with Gasteiger partial charge in [0.1, 0.15) is 11.3 Å². The lowest BCUT2D eigenvalue weighted by Crippen LogP contribution is -2.57. The maximum absolute atomic E-state index is 13.0. The molecule has 1 aromatic carbocycles. The molecule has 2 rings (SSSR count). The smallest absolute Gasteiger partial charge is 0.331 e. The molecule has 1 aromatic rings. The van der Waals surface area contributed by atoms with Gasteiger partial charge in [-0.3, -0.25) is 4.79 Å². The van der Waals surface area contributed by atoms with Gasteiger partial charge in [-0.2, -0.15) is 0 Å². The summed E-state index contributed by atoms with van der Waals surface area (Å²) in [6, 6.07) is 5.79. The second-order valence-corrected chi connectivity index (χ2v) is 7.38. The number of esters is 1. The number of amides is 1. The molecule has 0 saturated heterocycles. The molecule has 1 aliphatic carbocycles. The van der Waals surface area contributed by atoms with Crippen LogP contribution < -0.4 is 10.1 Å². The Morgan fingerprint density at radius 3 is 2.46 bits per heavy atom. The summed E-state index contributed by atoms with van der Waals surface area (Å²) in [7, 11) is 2.99. The molecule has 1 amide bonds. The van der Waals surface area contributed by atoms with Crippen LogP contribution in [0, 0.1) is 12.8 Å². The highest BCUT2D eigenvalue weighted by atomic mass is 16.5. The minimum absolute atomic E-state index is 0.174. The van der Waals surface area contributed by atoms with Crippen molar-refractivity contribution < 1.29 is 19.1 Å². The van der Waals surface area contributed by atoms with E-state index in [2.05, 4.69) is 12.2 Å². The Balaban J connectivity index is 2.20. The molecule has 5 heteroatoms. The molecule has 26 heavy (non-hydrogen) atoms. The molecule has 1 saturated carbocycles. The second-order valence-electron chi connectivity index (χ2n) is 7.38. The van der Waals surface area contributed by atoms with E-state index in [1.165, 1.54) is 7.11 Å².